The maximum Gasteiger partial charge on any atom is 0.314 e. The Bertz CT molecular complexity index is 557. The Balaban J connectivity index is 1.79. The largest absolute Gasteiger partial charge is 0.378 e. The number of ether oxygens (including phenoxy) is 1. The normalized spacial score (nSPS) is 26.0. The van der Waals surface area contributed by atoms with Crippen molar-refractivity contribution in [2.24, 2.45) is 5.41 Å². The van der Waals surface area contributed by atoms with Gasteiger partial charge >= 0.3 is 5.69 Å². The number of anilines is 1. The molecule has 2 aliphatic rings. The summed E-state index contributed by atoms with van der Waals surface area (Å²) in [4.78, 5) is 15.1. The van der Waals surface area contributed by atoms with Gasteiger partial charge in [0.15, 0.2) is 0 Å². The Morgan fingerprint density at radius 3 is 2.90 bits per heavy atom. The van der Waals surface area contributed by atoms with Gasteiger partial charge in [0, 0.05) is 29.8 Å². The Hall–Kier alpha value is -1.69. The Kier molecular flexibility index (Phi) is 3.57. The quantitative estimate of drug-likeness (QED) is 0.666. The lowest BCUT2D eigenvalue weighted by molar-refractivity contribution is -0.384. The van der Waals surface area contributed by atoms with Crippen molar-refractivity contribution in [3.63, 3.8) is 0 Å². The highest BCUT2D eigenvalue weighted by atomic mass is 16.6. The summed E-state index contributed by atoms with van der Waals surface area (Å²) in [5.41, 5.74) is 0.891. The Labute approximate surface area is 124 Å². The average molecular weight is 291 g/mol. The lowest BCUT2D eigenvalue weighted by Crippen LogP contribution is -2.64. The van der Waals surface area contributed by atoms with Crippen LogP contribution in [-0.2, 0) is 4.74 Å². The molecule has 1 aromatic heterocycles. The molecule has 1 aromatic rings. The summed E-state index contributed by atoms with van der Waals surface area (Å²) in [7, 11) is 0. The number of aryl methyl sites for hydroxylation is 1. The van der Waals surface area contributed by atoms with E-state index in [4.69, 9.17) is 4.74 Å². The fourth-order valence-corrected chi connectivity index (χ4v) is 3.69. The van der Waals surface area contributed by atoms with E-state index in [-0.39, 0.29) is 28.2 Å². The first-order valence-corrected chi connectivity index (χ1v) is 7.56. The van der Waals surface area contributed by atoms with E-state index in [1.807, 2.05) is 6.92 Å². The van der Waals surface area contributed by atoms with E-state index in [1.165, 1.54) is 6.42 Å². The second-order valence-electron chi connectivity index (χ2n) is 6.05. The van der Waals surface area contributed by atoms with E-state index in [0.29, 0.717) is 11.4 Å². The first kappa shape index (κ1) is 14.3. The van der Waals surface area contributed by atoms with Gasteiger partial charge in [0.2, 0.25) is 5.82 Å². The van der Waals surface area contributed by atoms with Crippen LogP contribution in [0.1, 0.15) is 38.2 Å². The van der Waals surface area contributed by atoms with E-state index in [9.17, 15) is 10.1 Å². The highest BCUT2D eigenvalue weighted by Crippen LogP contribution is 2.58. The van der Waals surface area contributed by atoms with Crippen LogP contribution < -0.4 is 5.32 Å². The number of aromatic nitrogens is 1. The molecule has 114 valence electrons. The molecule has 0 saturated heterocycles. The standard InChI is InChI=1S/C15H21N3O3/c1-3-21-12-9-11(15(12)6-4-7-15)17-14-13(18(19)20)10(2)5-8-16-14/h5,8,11-12H,3-4,6-7,9H2,1-2H3,(H,16,17). The van der Waals surface area contributed by atoms with Crippen LogP contribution in [0.5, 0.6) is 0 Å². The molecule has 1 N–H and O–H groups in total. The summed E-state index contributed by atoms with van der Waals surface area (Å²) < 4.78 is 5.81. The van der Waals surface area contributed by atoms with Crippen molar-refractivity contribution < 1.29 is 9.66 Å². The van der Waals surface area contributed by atoms with Gasteiger partial charge in [-0.05, 0) is 39.2 Å². The van der Waals surface area contributed by atoms with Crippen LogP contribution in [0.2, 0.25) is 0 Å². The third-order valence-corrected chi connectivity index (χ3v) is 5.06. The molecule has 0 bridgehead atoms. The summed E-state index contributed by atoms with van der Waals surface area (Å²) >= 11 is 0. The minimum Gasteiger partial charge on any atom is -0.378 e. The second-order valence-corrected chi connectivity index (χ2v) is 6.05. The van der Waals surface area contributed by atoms with Crippen molar-refractivity contribution in [1.29, 1.82) is 0 Å². The minimum atomic E-state index is -0.350. The third kappa shape index (κ3) is 2.18. The fraction of sp³-hybridized carbons (Fsp3) is 0.667. The van der Waals surface area contributed by atoms with Crippen LogP contribution in [0.3, 0.4) is 0 Å². The number of hydrogen-bond acceptors (Lipinski definition) is 5. The van der Waals surface area contributed by atoms with E-state index >= 15 is 0 Å². The van der Waals surface area contributed by atoms with Gasteiger partial charge in [-0.3, -0.25) is 10.1 Å². The number of rotatable bonds is 5. The van der Waals surface area contributed by atoms with Gasteiger partial charge < -0.3 is 10.1 Å². The van der Waals surface area contributed by atoms with Crippen molar-refractivity contribution in [2.75, 3.05) is 11.9 Å². The van der Waals surface area contributed by atoms with Crippen molar-refractivity contribution in [1.82, 2.24) is 4.98 Å². The third-order valence-electron chi connectivity index (χ3n) is 5.06. The Morgan fingerprint density at radius 2 is 2.33 bits per heavy atom. The van der Waals surface area contributed by atoms with Crippen LogP contribution in [0.25, 0.3) is 0 Å². The molecule has 2 aliphatic carbocycles. The van der Waals surface area contributed by atoms with Crippen LogP contribution in [-0.4, -0.2) is 28.7 Å². The molecule has 6 nitrogen and oxygen atoms in total. The molecule has 1 spiro atoms. The smallest absolute Gasteiger partial charge is 0.314 e. The number of nitro groups is 1. The van der Waals surface area contributed by atoms with E-state index < -0.39 is 0 Å². The minimum absolute atomic E-state index is 0.0897. The van der Waals surface area contributed by atoms with Crippen molar-refractivity contribution in [3.05, 3.63) is 27.9 Å². The van der Waals surface area contributed by atoms with Gasteiger partial charge in [-0.1, -0.05) is 6.42 Å². The molecule has 0 aliphatic heterocycles. The van der Waals surface area contributed by atoms with E-state index in [1.54, 1.807) is 19.2 Å². The molecule has 0 radical (unpaired) electrons. The zero-order chi connectivity index (χ0) is 15.0. The van der Waals surface area contributed by atoms with Gasteiger partial charge in [-0.15, -0.1) is 0 Å². The number of nitrogens with zero attached hydrogens (tertiary/aromatic N) is 2. The highest BCUT2D eigenvalue weighted by molar-refractivity contribution is 5.60. The van der Waals surface area contributed by atoms with Crippen LogP contribution >= 0.6 is 0 Å². The molecule has 1 heterocycles. The molecule has 2 atom stereocenters. The van der Waals surface area contributed by atoms with Crippen molar-refractivity contribution in [3.8, 4) is 0 Å². The van der Waals surface area contributed by atoms with Gasteiger partial charge in [-0.2, -0.15) is 0 Å². The fourth-order valence-electron chi connectivity index (χ4n) is 3.69. The number of hydrogen-bond donors (Lipinski definition) is 1. The summed E-state index contributed by atoms with van der Waals surface area (Å²) in [6.45, 7) is 4.48. The number of nitrogens with one attached hydrogen (secondary N) is 1. The first-order chi connectivity index (χ1) is 10.1. The molecular weight excluding hydrogens is 270 g/mol. The second kappa shape index (κ2) is 5.26. The van der Waals surface area contributed by atoms with Gasteiger partial charge in [0.25, 0.3) is 0 Å². The Morgan fingerprint density at radius 1 is 1.57 bits per heavy atom. The van der Waals surface area contributed by atoms with Crippen LogP contribution in [0.15, 0.2) is 12.3 Å². The topological polar surface area (TPSA) is 77.3 Å². The molecule has 2 fully saturated rings. The first-order valence-electron chi connectivity index (χ1n) is 7.56. The van der Waals surface area contributed by atoms with Gasteiger partial charge in [0.05, 0.1) is 11.0 Å². The van der Waals surface area contributed by atoms with E-state index in [0.717, 1.165) is 25.9 Å². The van der Waals surface area contributed by atoms with Crippen molar-refractivity contribution >= 4 is 11.5 Å². The molecule has 0 aromatic carbocycles. The predicted molar refractivity (Wildman–Crippen MR) is 79.4 cm³/mol. The van der Waals surface area contributed by atoms with E-state index in [2.05, 4.69) is 10.3 Å². The van der Waals surface area contributed by atoms with Crippen molar-refractivity contribution in [2.45, 2.75) is 51.7 Å². The molecule has 2 unspecified atom stereocenters. The predicted octanol–water partition coefficient (Wildman–Crippen LogP) is 3.06. The SMILES string of the molecule is CCOC1CC(Nc2nccc(C)c2[N+](=O)[O-])C12CCC2. The summed E-state index contributed by atoms with van der Waals surface area (Å²) in [5, 5.41) is 14.6. The zero-order valence-corrected chi connectivity index (χ0v) is 12.5. The van der Waals surface area contributed by atoms with Crippen LogP contribution in [0, 0.1) is 22.5 Å². The summed E-state index contributed by atoms with van der Waals surface area (Å²) in [6.07, 6.45) is 6.30. The average Bonchev–Trinajstić information content (AvgIpc) is 2.35. The maximum atomic E-state index is 11.2. The molecule has 2 saturated carbocycles. The summed E-state index contributed by atoms with van der Waals surface area (Å²) in [6, 6.07) is 1.91. The lowest BCUT2D eigenvalue weighted by atomic mass is 9.51. The monoisotopic (exact) mass is 291 g/mol. The van der Waals surface area contributed by atoms with Gasteiger partial charge in [0.1, 0.15) is 0 Å². The highest BCUT2D eigenvalue weighted by Gasteiger charge is 2.59. The zero-order valence-electron chi connectivity index (χ0n) is 12.5. The number of pyridine rings is 1. The molecule has 3 rings (SSSR count). The molecule has 21 heavy (non-hydrogen) atoms. The molecular formula is C15H21N3O3. The van der Waals surface area contributed by atoms with Crippen LogP contribution in [0.4, 0.5) is 11.5 Å². The maximum absolute atomic E-state index is 11.2. The lowest BCUT2D eigenvalue weighted by Gasteiger charge is -2.61. The summed E-state index contributed by atoms with van der Waals surface area (Å²) in [5.74, 6) is 0.395. The molecule has 6 heteroatoms. The van der Waals surface area contributed by atoms with Gasteiger partial charge in [-0.25, -0.2) is 4.98 Å². The molecule has 0 amide bonds.